The highest BCUT2D eigenvalue weighted by Gasteiger charge is 2.39. The maximum Gasteiger partial charge on any atom is 0.330 e. The van der Waals surface area contributed by atoms with E-state index < -0.39 is 41.6 Å². The molecule has 0 saturated carbocycles. The average molecular weight is 492 g/mol. The molecule has 0 bridgehead atoms. The summed E-state index contributed by atoms with van der Waals surface area (Å²) in [5, 5.41) is 2.86. The number of ether oxygens (including phenoxy) is 3. The summed E-state index contributed by atoms with van der Waals surface area (Å²) in [4.78, 5) is 61.1. The summed E-state index contributed by atoms with van der Waals surface area (Å²) in [6.45, 7) is 5.09. The molecule has 1 saturated heterocycles. The van der Waals surface area contributed by atoms with Gasteiger partial charge in [0.1, 0.15) is 30.6 Å². The minimum Gasteiger partial charge on any atom is -0.463 e. The lowest BCUT2D eigenvalue weighted by Gasteiger charge is -2.17. The summed E-state index contributed by atoms with van der Waals surface area (Å²) in [6.07, 6.45) is 3.35. The van der Waals surface area contributed by atoms with Crippen molar-refractivity contribution in [2.75, 3.05) is 13.2 Å². The Kier molecular flexibility index (Phi) is 11.2. The van der Waals surface area contributed by atoms with Crippen LogP contribution in [0, 0.1) is 11.8 Å². The van der Waals surface area contributed by atoms with Crippen molar-refractivity contribution in [1.29, 1.82) is 0 Å². The second kappa shape index (κ2) is 14.1. The Morgan fingerprint density at radius 3 is 2.66 bits per heavy atom. The Bertz CT molecular complexity index is 1060. The third-order valence-corrected chi connectivity index (χ3v) is 5.26. The number of amides is 1. The quantitative estimate of drug-likeness (QED) is 0.266. The minimum absolute atomic E-state index is 0.0190. The van der Waals surface area contributed by atoms with Crippen molar-refractivity contribution in [3.05, 3.63) is 32.6 Å². The maximum atomic E-state index is 12.4. The summed E-state index contributed by atoms with van der Waals surface area (Å²) in [5.74, 6) is 4.63. The molecule has 1 aliphatic rings. The Balaban J connectivity index is 2.01. The van der Waals surface area contributed by atoms with Crippen LogP contribution in [-0.4, -0.2) is 52.8 Å². The zero-order valence-electron chi connectivity index (χ0n) is 20.4. The first kappa shape index (κ1) is 27.9. The van der Waals surface area contributed by atoms with Crippen LogP contribution in [-0.2, 0) is 28.6 Å². The van der Waals surface area contributed by atoms with Crippen LogP contribution in [0.2, 0.25) is 0 Å². The van der Waals surface area contributed by atoms with Crippen molar-refractivity contribution in [3.8, 4) is 11.8 Å². The average Bonchev–Trinajstić information content (AvgIpc) is 3.17. The zero-order valence-corrected chi connectivity index (χ0v) is 20.4. The topological polar surface area (TPSA) is 146 Å². The molecule has 0 aromatic carbocycles. The minimum atomic E-state index is -0.851. The number of H-pyrrole nitrogens is 1. The molecule has 0 radical (unpaired) electrons. The van der Waals surface area contributed by atoms with Gasteiger partial charge >= 0.3 is 17.6 Å². The van der Waals surface area contributed by atoms with Gasteiger partial charge in [0.2, 0.25) is 5.91 Å². The van der Waals surface area contributed by atoms with E-state index in [0.717, 1.165) is 12.8 Å². The molecule has 0 aliphatic carbocycles. The number of carbonyl (C=O) groups is 3. The summed E-state index contributed by atoms with van der Waals surface area (Å²) >= 11 is 0. The Morgan fingerprint density at radius 1 is 1.20 bits per heavy atom. The molecular weight excluding hydrogens is 458 g/mol. The number of nitrogens with zero attached hydrogens (tertiary/aromatic N) is 1. The van der Waals surface area contributed by atoms with Crippen LogP contribution in [0.3, 0.4) is 0 Å². The molecule has 1 amide bonds. The number of hydrogen-bond acceptors (Lipinski definition) is 8. The molecule has 2 heterocycles. The van der Waals surface area contributed by atoms with Crippen molar-refractivity contribution < 1.29 is 28.6 Å². The second-order valence-electron chi connectivity index (χ2n) is 8.24. The van der Waals surface area contributed by atoms with Crippen molar-refractivity contribution in [2.45, 2.75) is 84.2 Å². The Morgan fingerprint density at radius 2 is 1.97 bits per heavy atom. The molecule has 11 heteroatoms. The first-order valence-corrected chi connectivity index (χ1v) is 11.8. The highest BCUT2D eigenvalue weighted by molar-refractivity contribution is 5.75. The fraction of sp³-hybridized carbons (Fsp3) is 0.625. The summed E-state index contributed by atoms with van der Waals surface area (Å²) < 4.78 is 17.2. The Hall–Kier alpha value is -3.39. The number of hydrogen-bond donors (Lipinski definition) is 2. The first-order chi connectivity index (χ1) is 16.7. The van der Waals surface area contributed by atoms with Gasteiger partial charge in [-0.25, -0.2) is 4.79 Å². The lowest BCUT2D eigenvalue weighted by Crippen LogP contribution is -2.34. The molecule has 192 valence electrons. The fourth-order valence-corrected chi connectivity index (χ4v) is 3.50. The number of carbonyl (C=O) groups excluding carboxylic acids is 3. The van der Waals surface area contributed by atoms with Crippen LogP contribution < -0.4 is 16.6 Å². The van der Waals surface area contributed by atoms with Crippen molar-refractivity contribution >= 4 is 17.8 Å². The van der Waals surface area contributed by atoms with Crippen molar-refractivity contribution in [3.63, 3.8) is 0 Å². The van der Waals surface area contributed by atoms with Gasteiger partial charge in [-0.1, -0.05) is 25.2 Å². The highest BCUT2D eigenvalue weighted by atomic mass is 16.6. The number of aromatic amines is 1. The summed E-state index contributed by atoms with van der Waals surface area (Å²) in [7, 11) is 0. The molecule has 1 aromatic rings. The number of unbranched alkanes of at least 4 members (excludes halogenated alkanes) is 3. The second-order valence-corrected chi connectivity index (χ2v) is 8.24. The standard InChI is InChI=1S/C24H33N3O8/c1-4-5-12-25-21(30)11-9-7-6-8-10-18-14-27(24(32)26-23(18)31)22-13-19(34-17(3)29)20(35-22)15-33-16(2)28/h14,19-20,22H,4-7,9,11-13,15H2,1-3H3,(H,25,30)(H,26,31,32)/t19-,20+,22+/m0/s1. The van der Waals surface area contributed by atoms with Gasteiger partial charge in [0.25, 0.3) is 5.56 Å². The number of esters is 2. The maximum absolute atomic E-state index is 12.4. The van der Waals surface area contributed by atoms with Crippen molar-refractivity contribution in [2.24, 2.45) is 0 Å². The van der Waals surface area contributed by atoms with Crippen LogP contribution >= 0.6 is 0 Å². The van der Waals surface area contributed by atoms with Gasteiger partial charge in [0.05, 0.1) is 0 Å². The van der Waals surface area contributed by atoms with E-state index >= 15 is 0 Å². The molecule has 2 rings (SSSR count). The van der Waals surface area contributed by atoms with Gasteiger partial charge in [-0.15, -0.1) is 0 Å². The smallest absolute Gasteiger partial charge is 0.330 e. The first-order valence-electron chi connectivity index (χ1n) is 11.8. The lowest BCUT2D eigenvalue weighted by molar-refractivity contribution is -0.155. The van der Waals surface area contributed by atoms with E-state index in [2.05, 4.69) is 29.1 Å². The number of nitrogens with one attached hydrogen (secondary N) is 2. The third-order valence-electron chi connectivity index (χ3n) is 5.26. The SMILES string of the molecule is CCCCNC(=O)CCCCC#Cc1cn([C@H]2C[C@H](OC(C)=O)[C@@H](COC(C)=O)O2)c(=O)[nH]c1=O. The molecule has 2 N–H and O–H groups in total. The van der Waals surface area contributed by atoms with Crippen LogP contribution in [0.4, 0.5) is 0 Å². The lowest BCUT2D eigenvalue weighted by atomic mass is 10.1. The van der Waals surface area contributed by atoms with E-state index in [1.165, 1.54) is 24.6 Å². The van der Waals surface area contributed by atoms with Gasteiger partial charge in [0.15, 0.2) is 0 Å². The van der Waals surface area contributed by atoms with E-state index in [4.69, 9.17) is 14.2 Å². The molecule has 0 spiro atoms. The van der Waals surface area contributed by atoms with Crippen LogP contribution in [0.1, 0.15) is 77.5 Å². The molecule has 0 unspecified atom stereocenters. The van der Waals surface area contributed by atoms with Gasteiger partial charge in [-0.3, -0.25) is 28.7 Å². The van der Waals surface area contributed by atoms with Gasteiger partial charge in [0, 0.05) is 45.9 Å². The van der Waals surface area contributed by atoms with Crippen LogP contribution in [0.15, 0.2) is 15.8 Å². The molecule has 11 nitrogen and oxygen atoms in total. The molecule has 1 fully saturated rings. The predicted octanol–water partition coefficient (Wildman–Crippen LogP) is 1.15. The monoisotopic (exact) mass is 491 g/mol. The van der Waals surface area contributed by atoms with Gasteiger partial charge in [-0.2, -0.15) is 0 Å². The third kappa shape index (κ3) is 9.41. The van der Waals surface area contributed by atoms with Crippen molar-refractivity contribution in [1.82, 2.24) is 14.9 Å². The highest BCUT2D eigenvalue weighted by Crippen LogP contribution is 2.30. The number of rotatable bonds is 11. The summed E-state index contributed by atoms with van der Waals surface area (Å²) in [5.41, 5.74) is -1.24. The van der Waals surface area contributed by atoms with E-state index in [0.29, 0.717) is 32.2 Å². The van der Waals surface area contributed by atoms with Crippen LogP contribution in [0.5, 0.6) is 0 Å². The zero-order chi connectivity index (χ0) is 25.8. The van der Waals surface area contributed by atoms with E-state index in [9.17, 15) is 24.0 Å². The molecule has 35 heavy (non-hydrogen) atoms. The molecular formula is C24H33N3O8. The van der Waals surface area contributed by atoms with E-state index in [1.807, 2.05) is 0 Å². The van der Waals surface area contributed by atoms with E-state index in [-0.39, 0.29) is 24.5 Å². The van der Waals surface area contributed by atoms with Gasteiger partial charge < -0.3 is 19.5 Å². The molecule has 3 atom stereocenters. The fourth-order valence-electron chi connectivity index (χ4n) is 3.50. The summed E-state index contributed by atoms with van der Waals surface area (Å²) in [6, 6.07) is 0. The number of aromatic nitrogens is 2. The predicted molar refractivity (Wildman–Crippen MR) is 125 cm³/mol. The molecule has 1 aromatic heterocycles. The Labute approximate surface area is 203 Å². The molecule has 1 aliphatic heterocycles. The van der Waals surface area contributed by atoms with E-state index in [1.54, 1.807) is 0 Å². The largest absolute Gasteiger partial charge is 0.463 e. The van der Waals surface area contributed by atoms with Crippen LogP contribution in [0.25, 0.3) is 0 Å². The van der Waals surface area contributed by atoms with Gasteiger partial charge in [-0.05, 0) is 19.3 Å². The normalized spacial score (nSPS) is 18.9.